The zero-order valence-corrected chi connectivity index (χ0v) is 7.55. The van der Waals surface area contributed by atoms with E-state index in [1.165, 1.54) is 0 Å². The van der Waals surface area contributed by atoms with E-state index >= 15 is 0 Å². The van der Waals surface area contributed by atoms with E-state index in [9.17, 15) is 0 Å². The molecule has 0 aromatic carbocycles. The van der Waals surface area contributed by atoms with Gasteiger partial charge in [0.05, 0.1) is 0 Å². The summed E-state index contributed by atoms with van der Waals surface area (Å²) in [6.45, 7) is 0. The molecule has 0 fully saturated rings. The molecule has 0 atom stereocenters. The van der Waals surface area contributed by atoms with E-state index in [1.54, 1.807) is 0 Å². The summed E-state index contributed by atoms with van der Waals surface area (Å²) < 4.78 is 24.0. The first-order valence-corrected chi connectivity index (χ1v) is 1.43. The van der Waals surface area contributed by atoms with Crippen LogP contribution in [-0.2, 0) is 0 Å². The largest absolute Gasteiger partial charge is 0.321 e. The molecule has 3 nitrogen and oxygen atoms in total. The van der Waals surface area contributed by atoms with Gasteiger partial charge in [-0.1, -0.05) is 0 Å². The van der Waals surface area contributed by atoms with Crippen molar-refractivity contribution in [2.24, 2.45) is 0 Å². The Balaban J connectivity index is 0. The van der Waals surface area contributed by atoms with Gasteiger partial charge in [-0.25, -0.2) is 0 Å². The fourth-order valence-electron chi connectivity index (χ4n) is 0. The van der Waals surface area contributed by atoms with Crippen molar-refractivity contribution in [2.75, 3.05) is 0 Å². The van der Waals surface area contributed by atoms with Crippen LogP contribution in [0.2, 0.25) is 0 Å². The molecule has 5 heavy (non-hydrogen) atoms. The molecular formula is HBaClO3. The SMILES string of the molecule is [Ba].[O-][Cl+2]([O-])O. The molecule has 0 aliphatic heterocycles. The van der Waals surface area contributed by atoms with Crippen LogP contribution < -0.4 is 9.32 Å². The van der Waals surface area contributed by atoms with Crippen molar-refractivity contribution in [1.29, 1.82) is 0 Å². The normalized spacial score (nSPS) is 7.20. The molecule has 0 aromatic heterocycles. The summed E-state index contributed by atoms with van der Waals surface area (Å²) in [5, 5.41) is 0. The molecule has 0 heterocycles. The van der Waals surface area contributed by atoms with Crippen molar-refractivity contribution >= 4 is 48.9 Å². The first-order chi connectivity index (χ1) is 1.73. The van der Waals surface area contributed by atoms with Gasteiger partial charge in [0.1, 0.15) is 0 Å². The van der Waals surface area contributed by atoms with Crippen molar-refractivity contribution in [1.82, 2.24) is 0 Å². The van der Waals surface area contributed by atoms with Crippen LogP contribution in [-0.4, -0.2) is 53.5 Å². The predicted molar refractivity (Wildman–Crippen MR) is 7.97 cm³/mol. The fraction of sp³-hybridized carbons (Fsp3) is 0. The number of halogens is 1. The zero-order chi connectivity index (χ0) is 3.58. The first-order valence-electron chi connectivity index (χ1n) is 0.478. The minimum atomic E-state index is -2.60. The smallest absolute Gasteiger partial charge is 0.282 e. The molecule has 0 aliphatic carbocycles. The molecule has 0 aromatic rings. The average molecular weight is 222 g/mol. The summed E-state index contributed by atoms with van der Waals surface area (Å²) in [6, 6.07) is 0. The van der Waals surface area contributed by atoms with Crippen molar-refractivity contribution in [3.05, 3.63) is 0 Å². The van der Waals surface area contributed by atoms with Gasteiger partial charge in [-0.15, -0.1) is 0 Å². The van der Waals surface area contributed by atoms with Crippen LogP contribution >= 0.6 is 0 Å². The van der Waals surface area contributed by atoms with Gasteiger partial charge < -0.3 is 9.32 Å². The van der Waals surface area contributed by atoms with Gasteiger partial charge in [-0.05, 0) is 0 Å². The maximum atomic E-state index is 8.52. The van der Waals surface area contributed by atoms with Crippen molar-refractivity contribution in [3.63, 3.8) is 0 Å². The molecule has 1 N–H and O–H groups in total. The van der Waals surface area contributed by atoms with E-state index in [-0.39, 0.29) is 48.9 Å². The van der Waals surface area contributed by atoms with Gasteiger partial charge in [-0.3, -0.25) is 0 Å². The third kappa shape index (κ3) is 26.5. The van der Waals surface area contributed by atoms with E-state index in [0.29, 0.717) is 0 Å². The van der Waals surface area contributed by atoms with Gasteiger partial charge in [-0.2, -0.15) is 0 Å². The number of hydrogen-bond donors (Lipinski definition) is 1. The second kappa shape index (κ2) is 5.74. The van der Waals surface area contributed by atoms with Crippen LogP contribution in [0.4, 0.5) is 0 Å². The molecule has 0 rings (SSSR count). The summed E-state index contributed by atoms with van der Waals surface area (Å²) in [4.78, 5) is 0. The fourth-order valence-corrected chi connectivity index (χ4v) is 0. The van der Waals surface area contributed by atoms with E-state index in [1.807, 2.05) is 0 Å². The Bertz CT molecular complexity index is 11.6. The molecule has 0 aliphatic rings. The second-order valence-corrected chi connectivity index (χ2v) is 0.603. The van der Waals surface area contributed by atoms with Crippen LogP contribution in [0, 0.1) is 10.8 Å². The summed E-state index contributed by atoms with van der Waals surface area (Å²) in [6.07, 6.45) is 0. The summed E-state index contributed by atoms with van der Waals surface area (Å²) >= 11 is 0. The van der Waals surface area contributed by atoms with Crippen LogP contribution in [0.25, 0.3) is 0 Å². The van der Waals surface area contributed by atoms with Crippen molar-refractivity contribution < 1.29 is 24.8 Å². The quantitative estimate of drug-likeness (QED) is 0.436. The molecule has 0 spiro atoms. The maximum Gasteiger partial charge on any atom is 0.282 e. The zero-order valence-electron chi connectivity index (χ0n) is 2.35. The molecule has 5 heteroatoms. The topological polar surface area (TPSA) is 66.3 Å². The van der Waals surface area contributed by atoms with Gasteiger partial charge in [0.2, 0.25) is 0 Å². The van der Waals surface area contributed by atoms with Crippen molar-refractivity contribution in [3.8, 4) is 0 Å². The van der Waals surface area contributed by atoms with E-state index < -0.39 is 10.8 Å². The van der Waals surface area contributed by atoms with E-state index in [4.69, 9.17) is 14.0 Å². The predicted octanol–water partition coefficient (Wildman–Crippen LogP) is -3.32. The van der Waals surface area contributed by atoms with Gasteiger partial charge in [0, 0.05) is 53.5 Å². The Morgan fingerprint density at radius 3 is 1.40 bits per heavy atom. The van der Waals surface area contributed by atoms with Crippen LogP contribution in [0.3, 0.4) is 0 Å². The summed E-state index contributed by atoms with van der Waals surface area (Å²) in [7, 11) is -2.60. The van der Waals surface area contributed by atoms with Crippen molar-refractivity contribution in [2.45, 2.75) is 0 Å². The molecule has 2 radical (unpaired) electrons. The van der Waals surface area contributed by atoms with Gasteiger partial charge in [0.25, 0.3) is 10.8 Å². The van der Waals surface area contributed by atoms with Crippen LogP contribution in [0.5, 0.6) is 0 Å². The molecule has 0 saturated heterocycles. The Kier molecular flexibility index (Phi) is 11.4. The minimum absolute atomic E-state index is 0. The Morgan fingerprint density at radius 1 is 1.40 bits per heavy atom. The number of hydrogen-bond acceptors (Lipinski definition) is 3. The summed E-state index contributed by atoms with van der Waals surface area (Å²) in [5.74, 6) is 0. The maximum absolute atomic E-state index is 8.52. The van der Waals surface area contributed by atoms with E-state index in [0.717, 1.165) is 0 Å². The summed E-state index contributed by atoms with van der Waals surface area (Å²) in [5.41, 5.74) is 0. The van der Waals surface area contributed by atoms with E-state index in [2.05, 4.69) is 0 Å². The Hall–Kier alpha value is 1.74. The molecule has 28 valence electrons. The Morgan fingerprint density at radius 2 is 1.40 bits per heavy atom. The monoisotopic (exact) mass is 222 g/mol. The third-order valence-corrected chi connectivity index (χ3v) is 0. The molecule has 0 bridgehead atoms. The second-order valence-electron chi connectivity index (χ2n) is 0.201. The molecule has 0 unspecified atom stereocenters. The molecule has 0 saturated carbocycles. The average Bonchev–Trinajstić information content (AvgIpc) is 0.811. The van der Waals surface area contributed by atoms with Gasteiger partial charge in [0.15, 0.2) is 0 Å². The Labute approximate surface area is 72.5 Å². The van der Waals surface area contributed by atoms with Crippen LogP contribution in [0.1, 0.15) is 0 Å². The third-order valence-electron chi connectivity index (χ3n) is 0. The molecular weight excluding hydrogens is 221 g/mol. The number of rotatable bonds is 0. The minimum Gasteiger partial charge on any atom is -0.321 e. The van der Waals surface area contributed by atoms with Crippen LogP contribution in [0.15, 0.2) is 0 Å². The first kappa shape index (κ1) is 9.88. The van der Waals surface area contributed by atoms with Gasteiger partial charge >= 0.3 is 0 Å². The molecule has 0 amide bonds. The standard InChI is InChI=1S/Ba.ClHO3/c;2-1(3)4/h;2H.